The van der Waals surface area contributed by atoms with Gasteiger partial charge in [0.1, 0.15) is 5.76 Å². The fourth-order valence-corrected chi connectivity index (χ4v) is 1.70. The topological polar surface area (TPSA) is 52.3 Å². The Morgan fingerprint density at radius 1 is 1.26 bits per heavy atom. The predicted octanol–water partition coefficient (Wildman–Crippen LogP) is 3.43. The fourth-order valence-electron chi connectivity index (χ4n) is 1.70. The molecule has 0 radical (unpaired) electrons. The molecule has 4 heteroatoms. The number of methoxy groups -OCH3 is 1. The molecular weight excluding hydrogens is 242 g/mol. The second kappa shape index (κ2) is 4.88. The van der Waals surface area contributed by atoms with Crippen LogP contribution < -0.4 is 0 Å². The van der Waals surface area contributed by atoms with Crippen molar-refractivity contribution in [1.82, 2.24) is 4.98 Å². The molecule has 1 heterocycles. The van der Waals surface area contributed by atoms with Crippen molar-refractivity contribution in [3.63, 3.8) is 0 Å². The zero-order valence-electron chi connectivity index (χ0n) is 11.6. The highest BCUT2D eigenvalue weighted by atomic mass is 16.5. The van der Waals surface area contributed by atoms with Gasteiger partial charge in [0.15, 0.2) is 0 Å². The Balaban J connectivity index is 2.48. The van der Waals surface area contributed by atoms with Crippen molar-refractivity contribution in [2.24, 2.45) is 0 Å². The average Bonchev–Trinajstić information content (AvgIpc) is 2.87. The SMILES string of the molecule is COC(=O)c1ccccc1-c1ncc(C(C)(C)C)o1. The van der Waals surface area contributed by atoms with Gasteiger partial charge in [-0.3, -0.25) is 0 Å². The van der Waals surface area contributed by atoms with Gasteiger partial charge in [-0.05, 0) is 12.1 Å². The molecule has 0 N–H and O–H groups in total. The first-order valence-electron chi connectivity index (χ1n) is 6.07. The summed E-state index contributed by atoms with van der Waals surface area (Å²) in [5.41, 5.74) is 0.975. The van der Waals surface area contributed by atoms with Crippen LogP contribution in [0.25, 0.3) is 11.5 Å². The molecule has 0 saturated heterocycles. The van der Waals surface area contributed by atoms with Gasteiger partial charge >= 0.3 is 5.97 Å². The molecule has 0 aliphatic rings. The Bertz CT molecular complexity index is 593. The zero-order chi connectivity index (χ0) is 14.0. The lowest BCUT2D eigenvalue weighted by Crippen LogP contribution is -2.09. The third-order valence-electron chi connectivity index (χ3n) is 2.81. The molecule has 1 aromatic carbocycles. The van der Waals surface area contributed by atoms with Gasteiger partial charge in [-0.1, -0.05) is 32.9 Å². The van der Waals surface area contributed by atoms with Crippen LogP contribution >= 0.6 is 0 Å². The molecule has 19 heavy (non-hydrogen) atoms. The largest absolute Gasteiger partial charge is 0.465 e. The van der Waals surface area contributed by atoms with Gasteiger partial charge in [0.05, 0.1) is 24.4 Å². The number of nitrogens with zero attached hydrogens (tertiary/aromatic N) is 1. The van der Waals surface area contributed by atoms with E-state index in [1.165, 1.54) is 7.11 Å². The Kier molecular flexibility index (Phi) is 3.42. The number of rotatable bonds is 2. The maximum Gasteiger partial charge on any atom is 0.338 e. The van der Waals surface area contributed by atoms with Crippen LogP contribution in [0.4, 0.5) is 0 Å². The Hall–Kier alpha value is -2.10. The van der Waals surface area contributed by atoms with Crippen LogP contribution in [0, 0.1) is 0 Å². The number of benzene rings is 1. The molecule has 100 valence electrons. The van der Waals surface area contributed by atoms with E-state index in [1.54, 1.807) is 24.4 Å². The first-order chi connectivity index (χ1) is 8.93. The van der Waals surface area contributed by atoms with Gasteiger partial charge in [-0.15, -0.1) is 0 Å². The summed E-state index contributed by atoms with van der Waals surface area (Å²) in [4.78, 5) is 16.0. The van der Waals surface area contributed by atoms with Crippen LogP contribution in [0.2, 0.25) is 0 Å². The Labute approximate surface area is 112 Å². The van der Waals surface area contributed by atoms with E-state index < -0.39 is 5.97 Å². The van der Waals surface area contributed by atoms with Crippen molar-refractivity contribution in [2.75, 3.05) is 7.11 Å². The first kappa shape index (κ1) is 13.3. The quantitative estimate of drug-likeness (QED) is 0.775. The van der Waals surface area contributed by atoms with Crippen LogP contribution in [-0.4, -0.2) is 18.1 Å². The molecule has 4 nitrogen and oxygen atoms in total. The summed E-state index contributed by atoms with van der Waals surface area (Å²) in [5.74, 6) is 0.819. The maximum absolute atomic E-state index is 11.7. The normalized spacial score (nSPS) is 11.4. The third-order valence-corrected chi connectivity index (χ3v) is 2.81. The minimum Gasteiger partial charge on any atom is -0.465 e. The summed E-state index contributed by atoms with van der Waals surface area (Å²) in [6.07, 6.45) is 1.70. The number of hydrogen-bond acceptors (Lipinski definition) is 4. The molecular formula is C15H17NO3. The zero-order valence-corrected chi connectivity index (χ0v) is 11.6. The van der Waals surface area contributed by atoms with E-state index in [4.69, 9.17) is 9.15 Å². The monoisotopic (exact) mass is 259 g/mol. The van der Waals surface area contributed by atoms with E-state index >= 15 is 0 Å². The van der Waals surface area contributed by atoms with E-state index in [0.29, 0.717) is 17.0 Å². The lowest BCUT2D eigenvalue weighted by molar-refractivity contribution is 0.0601. The number of oxazole rings is 1. The van der Waals surface area contributed by atoms with E-state index in [-0.39, 0.29) is 5.41 Å². The lowest BCUT2D eigenvalue weighted by atomic mass is 9.94. The van der Waals surface area contributed by atoms with E-state index in [2.05, 4.69) is 4.98 Å². The second-order valence-corrected chi connectivity index (χ2v) is 5.32. The molecule has 0 amide bonds. The van der Waals surface area contributed by atoms with Gasteiger partial charge in [-0.25, -0.2) is 9.78 Å². The number of hydrogen-bond donors (Lipinski definition) is 0. The van der Waals surface area contributed by atoms with Crippen molar-refractivity contribution in [1.29, 1.82) is 0 Å². The van der Waals surface area contributed by atoms with Crippen molar-refractivity contribution in [3.8, 4) is 11.5 Å². The minimum atomic E-state index is -0.397. The number of esters is 1. The predicted molar refractivity (Wildman–Crippen MR) is 72.0 cm³/mol. The van der Waals surface area contributed by atoms with E-state index in [1.807, 2.05) is 26.8 Å². The van der Waals surface area contributed by atoms with Gasteiger partial charge in [-0.2, -0.15) is 0 Å². The molecule has 0 saturated carbocycles. The molecule has 0 aliphatic carbocycles. The Morgan fingerprint density at radius 3 is 2.53 bits per heavy atom. The highest BCUT2D eigenvalue weighted by Crippen LogP contribution is 2.29. The van der Waals surface area contributed by atoms with Gasteiger partial charge < -0.3 is 9.15 Å². The molecule has 2 aromatic rings. The number of aromatic nitrogens is 1. The summed E-state index contributed by atoms with van der Waals surface area (Å²) in [5, 5.41) is 0. The van der Waals surface area contributed by atoms with Crippen molar-refractivity contribution < 1.29 is 13.9 Å². The van der Waals surface area contributed by atoms with E-state index in [9.17, 15) is 4.79 Å². The number of carbonyl (C=O) groups is 1. The lowest BCUT2D eigenvalue weighted by Gasteiger charge is -2.13. The molecule has 0 spiro atoms. The molecule has 0 atom stereocenters. The van der Waals surface area contributed by atoms with Gasteiger partial charge in [0.25, 0.3) is 0 Å². The molecule has 2 rings (SSSR count). The molecule has 1 aromatic heterocycles. The van der Waals surface area contributed by atoms with Crippen molar-refractivity contribution >= 4 is 5.97 Å². The maximum atomic E-state index is 11.7. The summed E-state index contributed by atoms with van der Waals surface area (Å²) in [6.45, 7) is 6.14. The second-order valence-electron chi connectivity index (χ2n) is 5.32. The van der Waals surface area contributed by atoms with Crippen LogP contribution in [0.15, 0.2) is 34.9 Å². The summed E-state index contributed by atoms with van der Waals surface area (Å²) in [6, 6.07) is 7.11. The number of carbonyl (C=O) groups excluding carboxylic acids is 1. The van der Waals surface area contributed by atoms with Crippen LogP contribution in [0.5, 0.6) is 0 Å². The van der Waals surface area contributed by atoms with Gasteiger partial charge in [0.2, 0.25) is 5.89 Å². The van der Waals surface area contributed by atoms with Crippen LogP contribution in [0.3, 0.4) is 0 Å². The minimum absolute atomic E-state index is 0.120. The summed E-state index contributed by atoms with van der Waals surface area (Å²) in [7, 11) is 1.36. The van der Waals surface area contributed by atoms with Gasteiger partial charge in [0, 0.05) is 5.41 Å². The highest BCUT2D eigenvalue weighted by Gasteiger charge is 2.22. The standard InChI is InChI=1S/C15H17NO3/c1-15(2,3)12-9-16-13(19-12)10-7-5-6-8-11(10)14(17)18-4/h5-9H,1-4H3. The fraction of sp³-hybridized carbons (Fsp3) is 0.333. The summed E-state index contributed by atoms with van der Waals surface area (Å²) < 4.78 is 10.5. The van der Waals surface area contributed by atoms with E-state index in [0.717, 1.165) is 5.76 Å². The number of ether oxygens (including phenoxy) is 1. The first-order valence-corrected chi connectivity index (χ1v) is 6.07. The highest BCUT2D eigenvalue weighted by molar-refractivity contribution is 5.96. The molecule has 0 fully saturated rings. The average molecular weight is 259 g/mol. The van der Waals surface area contributed by atoms with Crippen molar-refractivity contribution in [3.05, 3.63) is 41.8 Å². The molecule has 0 unspecified atom stereocenters. The third kappa shape index (κ3) is 2.67. The van der Waals surface area contributed by atoms with Crippen molar-refractivity contribution in [2.45, 2.75) is 26.2 Å². The summed E-state index contributed by atoms with van der Waals surface area (Å²) >= 11 is 0. The smallest absolute Gasteiger partial charge is 0.338 e. The Morgan fingerprint density at radius 2 is 1.95 bits per heavy atom. The molecule has 0 aliphatic heterocycles. The van der Waals surface area contributed by atoms with Crippen LogP contribution in [-0.2, 0) is 10.2 Å². The van der Waals surface area contributed by atoms with Crippen LogP contribution in [0.1, 0.15) is 36.9 Å². The molecule has 0 bridgehead atoms.